The second-order valence-corrected chi connectivity index (χ2v) is 22.8. The van der Waals surface area contributed by atoms with Crippen molar-refractivity contribution < 1.29 is 67.1 Å². The molecule has 4 heterocycles. The first-order valence-corrected chi connectivity index (χ1v) is 29.2. The lowest BCUT2D eigenvalue weighted by atomic mass is 9.85. The molecule has 4 atom stereocenters. The Morgan fingerprint density at radius 2 is 1.44 bits per heavy atom. The Kier molecular flexibility index (Phi) is 22.2. The minimum atomic E-state index is -1.36. The molecule has 2 aliphatic rings. The molecule has 0 spiro atoms. The number of aromatic nitrogens is 2. The number of phenols is 1. The Hall–Kier alpha value is -7.55. The summed E-state index contributed by atoms with van der Waals surface area (Å²) in [4.78, 5) is 92.9. The summed E-state index contributed by atoms with van der Waals surface area (Å²) in [6.45, 7) is 10.1. The van der Waals surface area contributed by atoms with Gasteiger partial charge in [0.15, 0.2) is 5.13 Å². The molecule has 0 aliphatic carbocycles. The number of likely N-dealkylation sites (tertiary alicyclic amines) is 1. The van der Waals surface area contributed by atoms with E-state index in [0.717, 1.165) is 45.5 Å². The van der Waals surface area contributed by atoms with Gasteiger partial charge < -0.3 is 59.6 Å². The Morgan fingerprint density at radius 3 is 2.08 bits per heavy atom. The summed E-state index contributed by atoms with van der Waals surface area (Å²) in [6, 6.07) is 20.0. The molecule has 4 aromatic carbocycles. The van der Waals surface area contributed by atoms with Crippen molar-refractivity contribution in [2.24, 2.45) is 5.41 Å². The van der Waals surface area contributed by atoms with Crippen LogP contribution in [-0.4, -0.2) is 163 Å². The van der Waals surface area contributed by atoms with Gasteiger partial charge in [-0.25, -0.2) is 14.4 Å². The Morgan fingerprint density at radius 1 is 0.786 bits per heavy atom. The average molecular weight is 1190 g/mol. The molecule has 0 bridgehead atoms. The van der Waals surface area contributed by atoms with Gasteiger partial charge in [0.2, 0.25) is 17.7 Å². The molecule has 6 aromatic rings. The number of benzene rings is 4. The van der Waals surface area contributed by atoms with Crippen LogP contribution in [0.4, 0.5) is 9.52 Å². The van der Waals surface area contributed by atoms with Gasteiger partial charge >= 0.3 is 0 Å². The molecule has 1 fully saturated rings. The predicted octanol–water partition coefficient (Wildman–Crippen LogP) is 6.04. The molecule has 446 valence electrons. The van der Waals surface area contributed by atoms with Crippen molar-refractivity contribution in [1.29, 1.82) is 0 Å². The number of aliphatic hydroxyl groups is 1. The number of aryl methyl sites for hydroxylation is 1. The van der Waals surface area contributed by atoms with Crippen molar-refractivity contribution in [2.75, 3.05) is 84.5 Å². The van der Waals surface area contributed by atoms with E-state index in [4.69, 9.17) is 23.7 Å². The number of carbonyl (C=O) groups is 6. The van der Waals surface area contributed by atoms with E-state index in [-0.39, 0.29) is 93.9 Å². The van der Waals surface area contributed by atoms with Gasteiger partial charge in [0, 0.05) is 60.9 Å². The first kappa shape index (κ1) is 62.5. The number of β-amino-alcohol motifs (C(OH)–C–C–N with tert-alkyl or cyclic N) is 1. The van der Waals surface area contributed by atoms with Crippen LogP contribution in [0, 0.1) is 18.2 Å². The largest absolute Gasteiger partial charge is 0.508 e. The maximum absolute atomic E-state index is 14.4. The summed E-state index contributed by atoms with van der Waals surface area (Å²) in [5.74, 6) is -3.80. The molecule has 0 saturated carbocycles. The zero-order valence-corrected chi connectivity index (χ0v) is 48.7. The van der Waals surface area contributed by atoms with Crippen molar-refractivity contribution in [3.05, 3.63) is 141 Å². The standard InChI is InChI=1S/C60H69FN8O13S2/c1-37-52(84-36-65-37)40-7-5-38(6-8-40)32-64-55(74)48-31-45(70)34-68(48)58(77)53(60(2,3)4)66-50(72)35-82-27-26-81-25-24-80-23-22-79-21-20-78-19-17-62-54(73)41-11-9-39(10-12-41)42-13-14-43-33-69(57(76)46(43)29-42)51(47-30-44(61)15-16-49(47)71)56(75)67-59-63-18-28-83-59/h5-16,18,28-30,36,45,48,51,53,70-71H,17,19-27,31-35H2,1-4H3,(H,62,73)(H,64,74)(H,66,72)(H,63,67,75). The van der Waals surface area contributed by atoms with E-state index in [1.807, 2.05) is 58.0 Å². The van der Waals surface area contributed by atoms with Gasteiger partial charge in [-0.2, -0.15) is 0 Å². The molecule has 8 rings (SSSR count). The molecule has 6 amide bonds. The van der Waals surface area contributed by atoms with Crippen LogP contribution < -0.4 is 21.3 Å². The maximum Gasteiger partial charge on any atom is 0.255 e. The minimum Gasteiger partial charge on any atom is -0.508 e. The minimum absolute atomic E-state index is 0.0367. The Bertz CT molecular complexity index is 3210. The van der Waals surface area contributed by atoms with Crippen LogP contribution in [0.1, 0.15) is 76.3 Å². The molecule has 2 aromatic heterocycles. The number of hydrogen-bond acceptors (Lipinski definition) is 17. The van der Waals surface area contributed by atoms with Crippen LogP contribution in [0.25, 0.3) is 21.6 Å². The van der Waals surface area contributed by atoms with Crippen molar-refractivity contribution in [1.82, 2.24) is 35.7 Å². The highest BCUT2D eigenvalue weighted by Gasteiger charge is 2.45. The number of aromatic hydroxyl groups is 1. The summed E-state index contributed by atoms with van der Waals surface area (Å²) in [6.07, 6.45) is 0.696. The highest BCUT2D eigenvalue weighted by molar-refractivity contribution is 7.14. The lowest BCUT2D eigenvalue weighted by Gasteiger charge is -2.35. The second-order valence-electron chi connectivity index (χ2n) is 21.0. The Balaban J connectivity index is 0.647. The van der Waals surface area contributed by atoms with Gasteiger partial charge in [0.25, 0.3) is 17.7 Å². The fourth-order valence-corrected chi connectivity index (χ4v) is 10.9. The quantitative estimate of drug-likeness (QED) is 0.0292. The van der Waals surface area contributed by atoms with Crippen LogP contribution in [0.3, 0.4) is 0 Å². The van der Waals surface area contributed by atoms with Crippen molar-refractivity contribution in [3.8, 4) is 27.3 Å². The number of hydrogen-bond donors (Lipinski definition) is 6. The third kappa shape index (κ3) is 16.8. The van der Waals surface area contributed by atoms with Gasteiger partial charge in [-0.1, -0.05) is 69.3 Å². The van der Waals surface area contributed by atoms with Gasteiger partial charge in [-0.3, -0.25) is 34.1 Å². The van der Waals surface area contributed by atoms with E-state index in [0.29, 0.717) is 55.3 Å². The number of thiazole rings is 2. The number of fused-ring (bicyclic) bond motifs is 1. The van der Waals surface area contributed by atoms with E-state index >= 15 is 0 Å². The zero-order valence-electron chi connectivity index (χ0n) is 47.1. The summed E-state index contributed by atoms with van der Waals surface area (Å²) in [5, 5.41) is 34.4. The lowest BCUT2D eigenvalue weighted by Crippen LogP contribution is -2.58. The predicted molar refractivity (Wildman–Crippen MR) is 311 cm³/mol. The van der Waals surface area contributed by atoms with Crippen molar-refractivity contribution >= 4 is 63.2 Å². The van der Waals surface area contributed by atoms with Crippen molar-refractivity contribution in [2.45, 2.75) is 71.4 Å². The normalized spacial score (nSPS) is 15.6. The van der Waals surface area contributed by atoms with E-state index in [1.165, 1.54) is 27.3 Å². The number of rotatable bonds is 29. The SMILES string of the molecule is Cc1ncsc1-c1ccc(CNC(=O)C2CC(O)CN2C(=O)C(NC(=O)COCCOCCOCCOCCOCCNC(=O)c2ccc(-c3ccc4c(c3)C(=O)N(C(C(=O)Nc3nccs3)c3cc(F)ccc3O)C4)cc2)C(C)(C)C)cc1. The van der Waals surface area contributed by atoms with Crippen LogP contribution in [0.15, 0.2) is 102 Å². The number of nitrogens with zero attached hydrogens (tertiary/aromatic N) is 4. The summed E-state index contributed by atoms with van der Waals surface area (Å²) in [7, 11) is 0. The molecular weight excluding hydrogens is 1120 g/mol. The number of anilines is 1. The first-order chi connectivity index (χ1) is 40.4. The van der Waals surface area contributed by atoms with Gasteiger partial charge in [0.1, 0.15) is 36.3 Å². The smallest absolute Gasteiger partial charge is 0.255 e. The average Bonchev–Trinajstić information content (AvgIpc) is 3.46. The van der Waals surface area contributed by atoms with E-state index in [1.54, 1.807) is 58.6 Å². The van der Waals surface area contributed by atoms with Crippen LogP contribution in [0.2, 0.25) is 0 Å². The second kappa shape index (κ2) is 29.8. The number of amides is 6. The van der Waals surface area contributed by atoms with Gasteiger partial charge in [-0.15, -0.1) is 22.7 Å². The Labute approximate surface area is 493 Å². The third-order valence-electron chi connectivity index (χ3n) is 13.9. The van der Waals surface area contributed by atoms with Gasteiger partial charge in [0.05, 0.1) is 81.6 Å². The number of phenolic OH excluding ortho intramolecular Hbond substituents is 1. The van der Waals surface area contributed by atoms with Crippen LogP contribution in [-0.2, 0) is 56.0 Å². The first-order valence-electron chi connectivity index (χ1n) is 27.4. The lowest BCUT2D eigenvalue weighted by molar-refractivity contribution is -0.144. The molecule has 2 aliphatic heterocycles. The van der Waals surface area contributed by atoms with Crippen LogP contribution in [0.5, 0.6) is 5.75 Å². The van der Waals surface area contributed by atoms with E-state index in [2.05, 4.69) is 31.2 Å². The number of nitrogens with one attached hydrogen (secondary N) is 4. The fraction of sp³-hybridized carbons (Fsp3) is 0.400. The van der Waals surface area contributed by atoms with Crippen molar-refractivity contribution in [3.63, 3.8) is 0 Å². The molecule has 0 radical (unpaired) electrons. The van der Waals surface area contributed by atoms with Crippen LogP contribution >= 0.6 is 22.7 Å². The summed E-state index contributed by atoms with van der Waals surface area (Å²) < 4.78 is 42.2. The molecule has 6 N–H and O–H groups in total. The van der Waals surface area contributed by atoms with E-state index < -0.39 is 59.1 Å². The molecule has 1 saturated heterocycles. The zero-order chi connectivity index (χ0) is 59.8. The third-order valence-corrected chi connectivity index (χ3v) is 15.6. The fourth-order valence-electron chi connectivity index (χ4n) is 9.55. The van der Waals surface area contributed by atoms with E-state index in [9.17, 15) is 43.4 Å². The highest BCUT2D eigenvalue weighted by Crippen LogP contribution is 2.38. The molecule has 84 heavy (non-hydrogen) atoms. The monoisotopic (exact) mass is 1190 g/mol. The number of carbonyl (C=O) groups excluding carboxylic acids is 6. The number of halogens is 1. The molecule has 21 nitrogen and oxygen atoms in total. The van der Waals surface area contributed by atoms with Gasteiger partial charge in [-0.05, 0) is 76.6 Å². The molecule has 24 heteroatoms. The summed E-state index contributed by atoms with van der Waals surface area (Å²) in [5.41, 5.74) is 6.75. The topological polar surface area (TPSA) is 269 Å². The maximum atomic E-state index is 14.4. The number of aliphatic hydroxyl groups excluding tert-OH is 1. The summed E-state index contributed by atoms with van der Waals surface area (Å²) >= 11 is 2.74. The highest BCUT2D eigenvalue weighted by atomic mass is 32.1. The molecular formula is C60H69FN8O13S2. The molecule has 4 unspecified atom stereocenters. The number of ether oxygens (including phenoxy) is 5.